The van der Waals surface area contributed by atoms with Crippen LogP contribution in [0.2, 0.25) is 0 Å². The Morgan fingerprint density at radius 3 is 2.33 bits per heavy atom. The summed E-state index contributed by atoms with van der Waals surface area (Å²) in [6, 6.07) is 0.290. The zero-order valence-electron chi connectivity index (χ0n) is 13.9. The van der Waals surface area contributed by atoms with Gasteiger partial charge in [-0.05, 0) is 27.9 Å². The third kappa shape index (κ3) is 4.45. The van der Waals surface area contributed by atoms with Gasteiger partial charge in [-0.1, -0.05) is 13.8 Å². The highest BCUT2D eigenvalue weighted by molar-refractivity contribution is 5.88. The molecule has 0 aromatic carbocycles. The number of halogens is 2. The average molecular weight is 344 g/mol. The summed E-state index contributed by atoms with van der Waals surface area (Å²) in [5.74, 6) is -0.0675. The van der Waals surface area contributed by atoms with Gasteiger partial charge in [-0.15, -0.1) is 24.8 Å². The number of nitrogens with zero attached hydrogens (tertiary/aromatic N) is 1. The van der Waals surface area contributed by atoms with Gasteiger partial charge in [0.15, 0.2) is 0 Å². The smallest absolute Gasteiger partial charge is 0.240 e. The maximum absolute atomic E-state index is 12.3. The third-order valence-corrected chi connectivity index (χ3v) is 4.67. The number of hydrogen-bond donors (Lipinski definition) is 2. The van der Waals surface area contributed by atoms with Crippen LogP contribution in [-0.4, -0.2) is 55.7 Å². The fraction of sp³-hybridized carbons (Fsp3) is 0.929. The highest BCUT2D eigenvalue weighted by atomic mass is 35.5. The van der Waals surface area contributed by atoms with Gasteiger partial charge in [0.25, 0.3) is 0 Å². The first-order valence-corrected chi connectivity index (χ1v) is 7.02. The number of amides is 1. The van der Waals surface area contributed by atoms with E-state index in [1.807, 2.05) is 34.9 Å². The predicted molar refractivity (Wildman–Crippen MR) is 91.4 cm³/mol. The van der Waals surface area contributed by atoms with Gasteiger partial charge in [-0.3, -0.25) is 4.79 Å². The van der Waals surface area contributed by atoms with E-state index in [2.05, 4.69) is 17.1 Å². The van der Waals surface area contributed by atoms with Gasteiger partial charge in [0.2, 0.25) is 5.91 Å². The van der Waals surface area contributed by atoms with Crippen LogP contribution in [0.5, 0.6) is 0 Å². The SMILES string of the molecule is CCOC1CC(N)(C(=O)NCC(C)N(C)C)C1(C)C.Cl.Cl. The molecule has 0 spiro atoms. The average Bonchev–Trinajstić information content (AvgIpc) is 2.34. The van der Waals surface area contributed by atoms with Crippen molar-refractivity contribution in [2.45, 2.75) is 51.8 Å². The minimum atomic E-state index is -0.821. The molecular formula is C14H31Cl2N3O2. The monoisotopic (exact) mass is 343 g/mol. The van der Waals surface area contributed by atoms with Gasteiger partial charge in [-0.25, -0.2) is 0 Å². The molecule has 0 saturated heterocycles. The van der Waals surface area contributed by atoms with E-state index in [1.165, 1.54) is 0 Å². The van der Waals surface area contributed by atoms with Gasteiger partial charge in [0.05, 0.1) is 6.10 Å². The number of likely N-dealkylation sites (N-methyl/N-ethyl adjacent to an activating group) is 1. The summed E-state index contributed by atoms with van der Waals surface area (Å²) in [7, 11) is 3.99. The number of nitrogens with one attached hydrogen (secondary N) is 1. The summed E-state index contributed by atoms with van der Waals surface area (Å²) in [5.41, 5.74) is 5.16. The Labute approximate surface area is 141 Å². The van der Waals surface area contributed by atoms with E-state index in [1.54, 1.807) is 0 Å². The highest BCUT2D eigenvalue weighted by Crippen LogP contribution is 2.49. The molecule has 0 aromatic heterocycles. The molecule has 1 aliphatic rings. The van der Waals surface area contributed by atoms with E-state index < -0.39 is 5.54 Å². The number of rotatable bonds is 6. The predicted octanol–water partition coefficient (Wildman–Crippen LogP) is 1.43. The Hall–Kier alpha value is -0.0700. The van der Waals surface area contributed by atoms with Crippen molar-refractivity contribution in [2.75, 3.05) is 27.2 Å². The van der Waals surface area contributed by atoms with Crippen LogP contribution >= 0.6 is 24.8 Å². The second kappa shape index (κ2) is 8.53. The van der Waals surface area contributed by atoms with Crippen LogP contribution in [0.1, 0.15) is 34.1 Å². The van der Waals surface area contributed by atoms with E-state index in [0.29, 0.717) is 25.6 Å². The molecule has 1 fully saturated rings. The summed E-state index contributed by atoms with van der Waals surface area (Å²) in [4.78, 5) is 14.4. The molecular weight excluding hydrogens is 313 g/mol. The van der Waals surface area contributed by atoms with E-state index in [-0.39, 0.29) is 42.2 Å². The largest absolute Gasteiger partial charge is 0.378 e. The van der Waals surface area contributed by atoms with Gasteiger partial charge < -0.3 is 20.7 Å². The first-order valence-electron chi connectivity index (χ1n) is 7.02. The number of carbonyl (C=O) groups is 1. The van der Waals surface area contributed by atoms with Crippen LogP contribution in [0.15, 0.2) is 0 Å². The van der Waals surface area contributed by atoms with Crippen LogP contribution in [0.25, 0.3) is 0 Å². The van der Waals surface area contributed by atoms with Crippen molar-refractivity contribution in [2.24, 2.45) is 11.1 Å². The molecule has 128 valence electrons. The number of hydrogen-bond acceptors (Lipinski definition) is 4. The molecule has 3 atom stereocenters. The molecule has 5 nitrogen and oxygen atoms in total. The summed E-state index contributed by atoms with van der Waals surface area (Å²) >= 11 is 0. The Bertz CT molecular complexity index is 340. The zero-order chi connectivity index (χ0) is 14.8. The van der Waals surface area contributed by atoms with Crippen molar-refractivity contribution >= 4 is 30.7 Å². The Balaban J connectivity index is 0. The first kappa shape index (κ1) is 23.2. The number of ether oxygens (including phenoxy) is 1. The maximum Gasteiger partial charge on any atom is 0.240 e. The lowest BCUT2D eigenvalue weighted by Crippen LogP contribution is -2.76. The van der Waals surface area contributed by atoms with Crippen molar-refractivity contribution in [1.29, 1.82) is 0 Å². The van der Waals surface area contributed by atoms with Gasteiger partial charge in [-0.2, -0.15) is 0 Å². The lowest BCUT2D eigenvalue weighted by molar-refractivity contribution is -0.170. The van der Waals surface area contributed by atoms with Crippen molar-refractivity contribution in [3.05, 3.63) is 0 Å². The van der Waals surface area contributed by atoms with Crippen LogP contribution in [0.3, 0.4) is 0 Å². The molecule has 3 unspecified atom stereocenters. The third-order valence-electron chi connectivity index (χ3n) is 4.67. The molecule has 0 aliphatic heterocycles. The van der Waals surface area contributed by atoms with Gasteiger partial charge in [0, 0.05) is 31.0 Å². The second-order valence-corrected chi connectivity index (χ2v) is 6.36. The van der Waals surface area contributed by atoms with Crippen molar-refractivity contribution < 1.29 is 9.53 Å². The fourth-order valence-corrected chi connectivity index (χ4v) is 2.40. The molecule has 1 saturated carbocycles. The Kier molecular flexibility index (Phi) is 9.43. The Morgan fingerprint density at radius 1 is 1.43 bits per heavy atom. The number of nitrogens with two attached hydrogens (primary N) is 1. The van der Waals surface area contributed by atoms with Gasteiger partial charge >= 0.3 is 0 Å². The molecule has 0 aromatic rings. The van der Waals surface area contributed by atoms with E-state index in [0.717, 1.165) is 0 Å². The first-order chi connectivity index (χ1) is 8.66. The van der Waals surface area contributed by atoms with Crippen LogP contribution in [-0.2, 0) is 9.53 Å². The number of carbonyl (C=O) groups excluding carboxylic acids is 1. The molecule has 3 N–H and O–H groups in total. The van der Waals surface area contributed by atoms with Crippen LogP contribution in [0, 0.1) is 5.41 Å². The maximum atomic E-state index is 12.3. The molecule has 7 heteroatoms. The minimum absolute atomic E-state index is 0. The molecule has 1 aliphatic carbocycles. The van der Waals surface area contributed by atoms with E-state index >= 15 is 0 Å². The molecule has 0 radical (unpaired) electrons. The summed E-state index contributed by atoms with van der Waals surface area (Å²) < 4.78 is 5.63. The second-order valence-electron chi connectivity index (χ2n) is 6.36. The van der Waals surface area contributed by atoms with Gasteiger partial charge in [0.1, 0.15) is 5.54 Å². The van der Waals surface area contributed by atoms with Crippen molar-refractivity contribution in [3.8, 4) is 0 Å². The Morgan fingerprint density at radius 2 is 1.95 bits per heavy atom. The molecule has 0 bridgehead atoms. The van der Waals surface area contributed by atoms with Crippen molar-refractivity contribution in [3.63, 3.8) is 0 Å². The quantitative estimate of drug-likeness (QED) is 0.765. The molecule has 1 amide bonds. The highest BCUT2D eigenvalue weighted by Gasteiger charge is 2.62. The topological polar surface area (TPSA) is 67.6 Å². The standard InChI is InChI=1S/C14H29N3O2.2ClH/c1-7-19-11-8-14(15,13(11,3)4)12(18)16-9-10(2)17(5)6;;/h10-11H,7-9,15H2,1-6H3,(H,16,18);2*1H. The summed E-state index contributed by atoms with van der Waals surface area (Å²) in [6.45, 7) is 9.31. The molecule has 21 heavy (non-hydrogen) atoms. The lowest BCUT2D eigenvalue weighted by Gasteiger charge is -2.57. The van der Waals surface area contributed by atoms with Crippen LogP contribution < -0.4 is 11.1 Å². The van der Waals surface area contributed by atoms with Crippen LogP contribution in [0.4, 0.5) is 0 Å². The molecule has 1 rings (SSSR count). The lowest BCUT2D eigenvalue weighted by atomic mass is 9.54. The summed E-state index contributed by atoms with van der Waals surface area (Å²) in [5, 5.41) is 2.96. The zero-order valence-corrected chi connectivity index (χ0v) is 15.6. The fourth-order valence-electron chi connectivity index (χ4n) is 2.40. The minimum Gasteiger partial charge on any atom is -0.378 e. The van der Waals surface area contributed by atoms with E-state index in [9.17, 15) is 4.79 Å². The van der Waals surface area contributed by atoms with E-state index in [4.69, 9.17) is 10.5 Å². The molecule has 0 heterocycles. The normalized spacial score (nSPS) is 27.9. The van der Waals surface area contributed by atoms with Crippen molar-refractivity contribution in [1.82, 2.24) is 10.2 Å². The summed E-state index contributed by atoms with van der Waals surface area (Å²) in [6.07, 6.45) is 0.662.